The lowest BCUT2D eigenvalue weighted by atomic mass is 10.2. The largest absolute Gasteiger partial charge is 0.366 e. The standard InChI is InChI=1S/C5H11N5OS/c1-12-3-2-4(5(6)11)8-10-9-7/h4,8H,2-3H2,1H3,(H2,6,11)/t4-/m0/s1. The molecule has 0 spiro atoms. The maximum Gasteiger partial charge on any atom is 0.262 e. The van der Waals surface area contributed by atoms with Crippen molar-refractivity contribution < 1.29 is 4.79 Å². The van der Waals surface area contributed by atoms with E-state index in [1.807, 2.05) is 6.26 Å². The van der Waals surface area contributed by atoms with Crippen molar-refractivity contribution in [2.24, 2.45) is 11.0 Å². The molecular weight excluding hydrogens is 178 g/mol. The summed E-state index contributed by atoms with van der Waals surface area (Å²) in [6, 6.07) is -0.562. The number of nitrogens with two attached hydrogens (primary N) is 1. The molecule has 68 valence electrons. The van der Waals surface area contributed by atoms with Crippen molar-refractivity contribution in [3.8, 4) is 0 Å². The van der Waals surface area contributed by atoms with Crippen LogP contribution in [0.5, 0.6) is 0 Å². The van der Waals surface area contributed by atoms with Crippen LogP contribution < -0.4 is 11.2 Å². The second-order valence-corrected chi connectivity index (χ2v) is 3.04. The molecule has 3 N–H and O–H groups in total. The van der Waals surface area contributed by atoms with Gasteiger partial charge in [-0.3, -0.25) is 4.79 Å². The summed E-state index contributed by atoms with van der Waals surface area (Å²) in [6.07, 6.45) is 2.49. The molecule has 0 radical (unpaired) electrons. The molecule has 0 saturated heterocycles. The predicted molar refractivity (Wildman–Crippen MR) is 48.3 cm³/mol. The normalized spacial score (nSPS) is 11.4. The van der Waals surface area contributed by atoms with E-state index < -0.39 is 11.9 Å². The van der Waals surface area contributed by atoms with Gasteiger partial charge >= 0.3 is 0 Å². The molecule has 0 aromatic heterocycles. The monoisotopic (exact) mass is 189 g/mol. The Bertz CT molecular complexity index is 190. The topological polar surface area (TPSA) is 104 Å². The van der Waals surface area contributed by atoms with Gasteiger partial charge in [-0.25, -0.2) is 5.43 Å². The van der Waals surface area contributed by atoms with Gasteiger partial charge in [0.1, 0.15) is 0 Å². The summed E-state index contributed by atoms with van der Waals surface area (Å²) in [6.45, 7) is 0. The number of azide groups is 1. The summed E-state index contributed by atoms with van der Waals surface area (Å²) in [5.74, 6) is 0.290. The summed E-state index contributed by atoms with van der Waals surface area (Å²) >= 11 is 1.60. The number of hydrogen-bond acceptors (Lipinski definition) is 3. The third-order valence-corrected chi connectivity index (χ3v) is 1.86. The fourth-order valence-electron chi connectivity index (χ4n) is 0.602. The minimum absolute atomic E-state index is 0.503. The van der Waals surface area contributed by atoms with Gasteiger partial charge in [-0.1, -0.05) is 0 Å². The number of nitrogens with zero attached hydrogens (tertiary/aromatic N) is 3. The second kappa shape index (κ2) is 6.63. The first-order valence-corrected chi connectivity index (χ1v) is 4.69. The highest BCUT2D eigenvalue weighted by atomic mass is 32.2. The minimum atomic E-state index is -0.562. The molecule has 0 aromatic rings. The van der Waals surface area contributed by atoms with Gasteiger partial charge in [0.2, 0.25) is 0 Å². The van der Waals surface area contributed by atoms with Crippen LogP contribution in [0.3, 0.4) is 0 Å². The molecule has 0 aliphatic rings. The molecule has 6 nitrogen and oxygen atoms in total. The van der Waals surface area contributed by atoms with Crippen LogP contribution in [-0.2, 0) is 4.79 Å². The molecule has 0 saturated carbocycles. The van der Waals surface area contributed by atoms with E-state index in [2.05, 4.69) is 15.6 Å². The lowest BCUT2D eigenvalue weighted by Gasteiger charge is -2.06. The van der Waals surface area contributed by atoms with Gasteiger partial charge in [0.05, 0.1) is 0 Å². The smallest absolute Gasteiger partial charge is 0.262 e. The van der Waals surface area contributed by atoms with Gasteiger partial charge in [-0.2, -0.15) is 16.7 Å². The lowest BCUT2D eigenvalue weighted by molar-refractivity contribution is -0.120. The molecule has 0 unspecified atom stereocenters. The van der Waals surface area contributed by atoms with Gasteiger partial charge in [0, 0.05) is 6.42 Å². The van der Waals surface area contributed by atoms with Crippen molar-refractivity contribution in [3.05, 3.63) is 10.4 Å². The highest BCUT2D eigenvalue weighted by molar-refractivity contribution is 7.98. The fraction of sp³-hybridized carbons (Fsp3) is 0.800. The summed E-state index contributed by atoms with van der Waals surface area (Å²) in [4.78, 5) is 13.1. The highest BCUT2D eigenvalue weighted by Gasteiger charge is 2.15. The molecule has 1 amide bonds. The molecule has 0 bridgehead atoms. The van der Waals surface area contributed by atoms with E-state index in [0.29, 0.717) is 6.42 Å². The quantitative estimate of drug-likeness (QED) is 0.273. The first kappa shape index (κ1) is 10.9. The first-order chi connectivity index (χ1) is 5.72. The Kier molecular flexibility index (Phi) is 6.04. The van der Waals surface area contributed by atoms with Crippen LogP contribution in [0, 0.1) is 0 Å². The highest BCUT2D eigenvalue weighted by Crippen LogP contribution is 1.99. The Morgan fingerprint density at radius 2 is 2.58 bits per heavy atom. The van der Waals surface area contributed by atoms with Gasteiger partial charge in [-0.15, -0.1) is 5.53 Å². The Balaban J connectivity index is 3.86. The summed E-state index contributed by atoms with van der Waals surface area (Å²) in [5.41, 5.74) is 15.3. The Morgan fingerprint density at radius 1 is 1.92 bits per heavy atom. The van der Waals surface area contributed by atoms with Crippen molar-refractivity contribution in [3.63, 3.8) is 0 Å². The van der Waals surface area contributed by atoms with Gasteiger partial charge < -0.3 is 5.73 Å². The Labute approximate surface area is 74.5 Å². The van der Waals surface area contributed by atoms with Crippen LogP contribution >= 0.6 is 11.8 Å². The first-order valence-electron chi connectivity index (χ1n) is 3.30. The number of carbonyl (C=O) groups excluding carboxylic acids is 1. The maximum absolute atomic E-state index is 10.7. The second-order valence-electron chi connectivity index (χ2n) is 2.05. The van der Waals surface area contributed by atoms with Crippen LogP contribution in [0.2, 0.25) is 0 Å². The zero-order chi connectivity index (χ0) is 9.40. The van der Waals surface area contributed by atoms with E-state index in [1.54, 1.807) is 11.8 Å². The Hall–Kier alpha value is -1.07. The van der Waals surface area contributed by atoms with E-state index in [4.69, 9.17) is 11.3 Å². The minimum Gasteiger partial charge on any atom is -0.366 e. The third kappa shape index (κ3) is 4.70. The van der Waals surface area contributed by atoms with Crippen LogP contribution in [0.15, 0.2) is 5.22 Å². The molecule has 0 aliphatic carbocycles. The number of carbonyl (C=O) groups is 1. The zero-order valence-corrected chi connectivity index (χ0v) is 7.54. The van der Waals surface area contributed by atoms with E-state index in [0.717, 1.165) is 5.75 Å². The number of rotatable bonds is 6. The number of nitrogens with one attached hydrogen (secondary N) is 1. The SMILES string of the molecule is CSCC[C@H](NN=[N+]=[N-])C(N)=O. The number of hydrogen-bond donors (Lipinski definition) is 2. The molecular formula is C5H11N5OS. The number of primary amides is 1. The third-order valence-electron chi connectivity index (χ3n) is 1.21. The molecule has 1 atom stereocenters. The van der Waals surface area contributed by atoms with Crippen molar-refractivity contribution in [1.29, 1.82) is 0 Å². The van der Waals surface area contributed by atoms with Gasteiger partial charge in [-0.05, 0) is 17.2 Å². The number of thioether (sulfide) groups is 1. The fourth-order valence-corrected chi connectivity index (χ4v) is 1.07. The molecule has 7 heteroatoms. The van der Waals surface area contributed by atoms with E-state index in [9.17, 15) is 4.79 Å². The van der Waals surface area contributed by atoms with Crippen LogP contribution in [0.25, 0.3) is 10.4 Å². The predicted octanol–water partition coefficient (Wildman–Crippen LogP) is 0.408. The average Bonchev–Trinajstić information content (AvgIpc) is 2.04. The molecule has 0 heterocycles. The van der Waals surface area contributed by atoms with Crippen molar-refractivity contribution >= 4 is 17.7 Å². The van der Waals surface area contributed by atoms with E-state index >= 15 is 0 Å². The van der Waals surface area contributed by atoms with Crippen molar-refractivity contribution in [2.45, 2.75) is 12.5 Å². The average molecular weight is 189 g/mol. The van der Waals surface area contributed by atoms with Gasteiger partial charge in [0.15, 0.2) is 6.04 Å². The summed E-state index contributed by atoms with van der Waals surface area (Å²) in [5, 5.41) is 3.07. The molecule has 0 aliphatic heterocycles. The van der Waals surface area contributed by atoms with Crippen LogP contribution in [0.1, 0.15) is 6.42 Å². The summed E-state index contributed by atoms with van der Waals surface area (Å²) in [7, 11) is 0. The van der Waals surface area contributed by atoms with E-state index in [1.165, 1.54) is 0 Å². The van der Waals surface area contributed by atoms with Crippen molar-refractivity contribution in [2.75, 3.05) is 12.0 Å². The maximum atomic E-state index is 10.7. The van der Waals surface area contributed by atoms with Crippen molar-refractivity contribution in [1.82, 2.24) is 5.43 Å². The number of amides is 1. The van der Waals surface area contributed by atoms with Crippen LogP contribution in [-0.4, -0.2) is 24.0 Å². The molecule has 0 fully saturated rings. The molecule has 12 heavy (non-hydrogen) atoms. The van der Waals surface area contributed by atoms with Crippen LogP contribution in [0.4, 0.5) is 0 Å². The Morgan fingerprint density at radius 3 is 3.00 bits per heavy atom. The molecule has 0 aromatic carbocycles. The van der Waals surface area contributed by atoms with E-state index in [-0.39, 0.29) is 0 Å². The zero-order valence-electron chi connectivity index (χ0n) is 6.73. The van der Waals surface area contributed by atoms with Gasteiger partial charge in [0.25, 0.3) is 5.91 Å². The lowest BCUT2D eigenvalue weighted by Crippen LogP contribution is -2.38. The molecule has 0 rings (SSSR count). The summed E-state index contributed by atoms with van der Waals surface area (Å²) < 4.78 is 0.